The second-order valence-corrected chi connectivity index (χ2v) is 7.19. The summed E-state index contributed by atoms with van der Waals surface area (Å²) in [5, 5.41) is 13.8. The highest BCUT2D eigenvalue weighted by Crippen LogP contribution is 2.35. The maximum atomic E-state index is 13.5. The van der Waals surface area contributed by atoms with E-state index in [1.807, 2.05) is 0 Å². The monoisotopic (exact) mass is 433 g/mol. The lowest BCUT2D eigenvalue weighted by Gasteiger charge is -2.11. The van der Waals surface area contributed by atoms with Crippen molar-refractivity contribution in [2.24, 2.45) is 0 Å². The largest absolute Gasteiger partial charge is 0.431 e. The fourth-order valence-electron chi connectivity index (χ4n) is 3.06. The number of imidazole rings is 1. The van der Waals surface area contributed by atoms with E-state index in [1.165, 1.54) is 35.6 Å². The van der Waals surface area contributed by atoms with Crippen LogP contribution in [0.3, 0.4) is 0 Å². The number of hydroxylamine groups is 1. The zero-order chi connectivity index (χ0) is 21.5. The van der Waals surface area contributed by atoms with Crippen molar-refractivity contribution in [3.63, 3.8) is 0 Å². The number of amides is 1. The molecule has 0 aliphatic rings. The lowest BCUT2D eigenvalue weighted by Crippen LogP contribution is -2.18. The van der Waals surface area contributed by atoms with Gasteiger partial charge in [0.25, 0.3) is 5.91 Å². The Morgan fingerprint density at radius 1 is 1.13 bits per heavy atom. The Hall–Kier alpha value is -3.44. The summed E-state index contributed by atoms with van der Waals surface area (Å²) >= 11 is 1.22. The minimum absolute atomic E-state index is 0.192. The molecule has 11 heteroatoms. The van der Waals surface area contributed by atoms with Crippen LogP contribution in [0.2, 0.25) is 0 Å². The van der Waals surface area contributed by atoms with Gasteiger partial charge in [0, 0.05) is 16.6 Å². The molecule has 0 aliphatic carbocycles. The number of carbonyl (C=O) groups excluding carboxylic acids is 1. The normalized spacial score (nSPS) is 11.6. The van der Waals surface area contributed by atoms with Crippen LogP contribution in [-0.2, 0) is 6.18 Å². The van der Waals surface area contributed by atoms with E-state index < -0.39 is 17.8 Å². The van der Waals surface area contributed by atoms with Gasteiger partial charge in [0.05, 0.1) is 11.4 Å². The average molecular weight is 433 g/mol. The van der Waals surface area contributed by atoms with Crippen LogP contribution in [0.15, 0.2) is 47.8 Å². The third-order valence-electron chi connectivity index (χ3n) is 4.36. The summed E-state index contributed by atoms with van der Waals surface area (Å²) < 4.78 is 41.6. The molecule has 0 bridgehead atoms. The molecular weight excluding hydrogens is 419 g/mol. The number of nitrogens with one attached hydrogen (secondary N) is 2. The first-order chi connectivity index (χ1) is 14.3. The Morgan fingerprint density at radius 3 is 2.53 bits per heavy atom. The highest BCUT2D eigenvalue weighted by Gasteiger charge is 2.35. The number of benzene rings is 1. The first-order valence-corrected chi connectivity index (χ1v) is 9.48. The molecule has 0 saturated carbocycles. The Labute approximate surface area is 171 Å². The topological polar surface area (TPSA) is 91.5 Å². The second kappa shape index (κ2) is 7.43. The van der Waals surface area contributed by atoms with Gasteiger partial charge in [-0.1, -0.05) is 6.07 Å². The van der Waals surface area contributed by atoms with E-state index in [2.05, 4.69) is 15.3 Å². The standard InChI is InChI=1S/C19H14F3N5O2S/c1-10-16(27-14(19(20,21)22)3-2-4-15(27)23-10)13-9-30-18(25-13)24-12-7-5-11(6-8-12)17(28)26-29/h2-9,29H,1H3,(H,24,25)(H,26,28). The Bertz CT molecular complexity index is 1230. The number of fused-ring (bicyclic) bond motifs is 1. The van der Waals surface area contributed by atoms with E-state index in [0.29, 0.717) is 22.2 Å². The highest BCUT2D eigenvalue weighted by atomic mass is 32.1. The molecule has 4 rings (SSSR count). The molecule has 154 valence electrons. The highest BCUT2D eigenvalue weighted by molar-refractivity contribution is 7.14. The molecule has 0 fully saturated rings. The summed E-state index contributed by atoms with van der Waals surface area (Å²) in [6.45, 7) is 1.64. The summed E-state index contributed by atoms with van der Waals surface area (Å²) in [5.74, 6) is -0.637. The number of carbonyl (C=O) groups is 1. The van der Waals surface area contributed by atoms with Gasteiger partial charge in [-0.05, 0) is 43.3 Å². The van der Waals surface area contributed by atoms with Gasteiger partial charge in [-0.2, -0.15) is 13.2 Å². The first kappa shape index (κ1) is 19.9. The van der Waals surface area contributed by atoms with Crippen LogP contribution in [0.25, 0.3) is 17.0 Å². The molecule has 0 radical (unpaired) electrons. The van der Waals surface area contributed by atoms with E-state index in [-0.39, 0.29) is 16.9 Å². The summed E-state index contributed by atoms with van der Waals surface area (Å²) in [5.41, 5.74) is 2.87. The van der Waals surface area contributed by atoms with Gasteiger partial charge < -0.3 is 5.32 Å². The number of aromatic nitrogens is 3. The lowest BCUT2D eigenvalue weighted by molar-refractivity contribution is -0.141. The van der Waals surface area contributed by atoms with Gasteiger partial charge in [0.15, 0.2) is 5.13 Å². The quantitative estimate of drug-likeness (QED) is 0.322. The lowest BCUT2D eigenvalue weighted by atomic mass is 10.2. The summed E-state index contributed by atoms with van der Waals surface area (Å²) in [7, 11) is 0. The van der Waals surface area contributed by atoms with Crippen LogP contribution in [-0.4, -0.2) is 25.5 Å². The Balaban J connectivity index is 1.69. The average Bonchev–Trinajstić information content (AvgIpc) is 3.29. The van der Waals surface area contributed by atoms with E-state index in [1.54, 1.807) is 29.9 Å². The number of hydrogen-bond acceptors (Lipinski definition) is 6. The maximum Gasteiger partial charge on any atom is 0.431 e. The predicted octanol–water partition coefficient (Wildman–Crippen LogP) is 4.65. The van der Waals surface area contributed by atoms with E-state index in [9.17, 15) is 18.0 Å². The number of halogens is 3. The zero-order valence-electron chi connectivity index (χ0n) is 15.4. The number of anilines is 2. The van der Waals surface area contributed by atoms with Crippen molar-refractivity contribution in [3.05, 3.63) is 64.8 Å². The number of aryl methyl sites for hydroxylation is 1. The van der Waals surface area contributed by atoms with E-state index in [0.717, 1.165) is 10.5 Å². The number of hydrogen-bond donors (Lipinski definition) is 3. The molecular formula is C19H14F3N5O2S. The molecule has 0 spiro atoms. The molecule has 3 heterocycles. The van der Waals surface area contributed by atoms with Crippen LogP contribution >= 0.6 is 11.3 Å². The molecule has 1 aromatic carbocycles. The summed E-state index contributed by atoms with van der Waals surface area (Å²) in [4.78, 5) is 20.0. The van der Waals surface area contributed by atoms with Crippen LogP contribution in [0, 0.1) is 6.92 Å². The number of alkyl halides is 3. The van der Waals surface area contributed by atoms with Crippen molar-refractivity contribution in [1.29, 1.82) is 0 Å². The predicted molar refractivity (Wildman–Crippen MR) is 105 cm³/mol. The molecule has 0 atom stereocenters. The minimum Gasteiger partial charge on any atom is -0.332 e. The van der Waals surface area contributed by atoms with Gasteiger partial charge in [0.1, 0.15) is 17.0 Å². The molecule has 7 nitrogen and oxygen atoms in total. The molecule has 0 unspecified atom stereocenters. The first-order valence-electron chi connectivity index (χ1n) is 8.60. The molecule has 3 aromatic heterocycles. The van der Waals surface area contributed by atoms with Gasteiger partial charge in [0.2, 0.25) is 0 Å². The number of rotatable bonds is 4. The second-order valence-electron chi connectivity index (χ2n) is 6.33. The molecule has 30 heavy (non-hydrogen) atoms. The molecule has 3 N–H and O–H groups in total. The maximum absolute atomic E-state index is 13.5. The fourth-order valence-corrected chi connectivity index (χ4v) is 3.78. The Kier molecular flexibility index (Phi) is 4.92. The number of thiazole rings is 1. The molecule has 0 aliphatic heterocycles. The third-order valence-corrected chi connectivity index (χ3v) is 5.11. The minimum atomic E-state index is -4.54. The van der Waals surface area contributed by atoms with Crippen molar-refractivity contribution in [2.45, 2.75) is 13.1 Å². The van der Waals surface area contributed by atoms with E-state index in [4.69, 9.17) is 5.21 Å². The molecule has 1 amide bonds. The SMILES string of the molecule is Cc1nc2cccc(C(F)(F)F)n2c1-c1csc(Nc2ccc(C(=O)NO)cc2)n1. The molecule has 0 saturated heterocycles. The summed E-state index contributed by atoms with van der Waals surface area (Å²) in [6, 6.07) is 10.1. The summed E-state index contributed by atoms with van der Waals surface area (Å²) in [6.07, 6.45) is -4.54. The van der Waals surface area contributed by atoms with Crippen molar-refractivity contribution in [2.75, 3.05) is 5.32 Å². The van der Waals surface area contributed by atoms with Gasteiger partial charge in [-0.15, -0.1) is 11.3 Å². The zero-order valence-corrected chi connectivity index (χ0v) is 16.2. The van der Waals surface area contributed by atoms with Crippen molar-refractivity contribution >= 4 is 33.7 Å². The van der Waals surface area contributed by atoms with Gasteiger partial charge in [-0.3, -0.25) is 14.4 Å². The van der Waals surface area contributed by atoms with Crippen LogP contribution in [0.4, 0.5) is 24.0 Å². The molecule has 4 aromatic rings. The van der Waals surface area contributed by atoms with Crippen LogP contribution in [0.5, 0.6) is 0 Å². The smallest absolute Gasteiger partial charge is 0.332 e. The van der Waals surface area contributed by atoms with Crippen LogP contribution < -0.4 is 10.8 Å². The van der Waals surface area contributed by atoms with E-state index >= 15 is 0 Å². The van der Waals surface area contributed by atoms with Crippen LogP contribution in [0.1, 0.15) is 21.7 Å². The van der Waals surface area contributed by atoms with Gasteiger partial charge >= 0.3 is 6.18 Å². The number of pyridine rings is 1. The van der Waals surface area contributed by atoms with Crippen molar-refractivity contribution in [3.8, 4) is 11.4 Å². The van der Waals surface area contributed by atoms with Crippen molar-refractivity contribution in [1.82, 2.24) is 19.8 Å². The van der Waals surface area contributed by atoms with Gasteiger partial charge in [-0.25, -0.2) is 15.4 Å². The fraction of sp³-hybridized carbons (Fsp3) is 0.105. The Morgan fingerprint density at radius 2 is 1.87 bits per heavy atom. The number of nitrogens with zero attached hydrogens (tertiary/aromatic N) is 3. The third kappa shape index (κ3) is 3.60. The van der Waals surface area contributed by atoms with Crippen molar-refractivity contribution < 1.29 is 23.2 Å².